The van der Waals surface area contributed by atoms with Crippen molar-refractivity contribution in [3.8, 4) is 0 Å². The number of carbonyl (C=O) groups is 1. The third-order valence-electron chi connectivity index (χ3n) is 4.80. The number of benzene rings is 1. The molecule has 5 heteroatoms. The summed E-state index contributed by atoms with van der Waals surface area (Å²) in [6, 6.07) is 11.0. The third-order valence-corrected chi connectivity index (χ3v) is 4.80. The van der Waals surface area contributed by atoms with Gasteiger partial charge in [0.2, 0.25) is 0 Å². The summed E-state index contributed by atoms with van der Waals surface area (Å²) in [6.07, 6.45) is 0. The van der Waals surface area contributed by atoms with Crippen molar-refractivity contribution >= 4 is 5.97 Å². The van der Waals surface area contributed by atoms with E-state index in [1.54, 1.807) is 0 Å². The van der Waals surface area contributed by atoms with Crippen LogP contribution in [-0.4, -0.2) is 78.1 Å². The second-order valence-corrected chi connectivity index (χ2v) is 6.63. The van der Waals surface area contributed by atoms with Crippen LogP contribution in [0.25, 0.3) is 0 Å². The first-order valence-corrected chi connectivity index (χ1v) is 8.03. The zero-order chi connectivity index (χ0) is 15.5. The lowest BCUT2D eigenvalue weighted by molar-refractivity contribution is -0.142. The maximum absolute atomic E-state index is 11.4. The highest BCUT2D eigenvalue weighted by molar-refractivity contribution is 5.70. The summed E-state index contributed by atoms with van der Waals surface area (Å²) >= 11 is 0. The molecule has 0 unspecified atom stereocenters. The highest BCUT2D eigenvalue weighted by atomic mass is 16.4. The van der Waals surface area contributed by atoms with Crippen LogP contribution in [0.1, 0.15) is 5.56 Å². The van der Waals surface area contributed by atoms with Gasteiger partial charge in [-0.2, -0.15) is 0 Å². The van der Waals surface area contributed by atoms with Crippen molar-refractivity contribution in [2.75, 3.05) is 46.3 Å². The van der Waals surface area contributed by atoms with Gasteiger partial charge in [-0.1, -0.05) is 30.3 Å². The second-order valence-electron chi connectivity index (χ2n) is 6.63. The van der Waals surface area contributed by atoms with E-state index in [-0.39, 0.29) is 5.92 Å². The Morgan fingerprint density at radius 2 is 1.91 bits per heavy atom. The normalized spacial score (nSPS) is 28.0. The van der Waals surface area contributed by atoms with Crippen LogP contribution in [0.5, 0.6) is 0 Å². The van der Waals surface area contributed by atoms with Crippen LogP contribution in [0, 0.1) is 5.92 Å². The Balaban J connectivity index is 1.63. The van der Waals surface area contributed by atoms with Crippen molar-refractivity contribution in [3.05, 3.63) is 35.9 Å². The molecule has 0 aromatic heterocycles. The number of piperazine rings is 1. The second kappa shape index (κ2) is 6.77. The van der Waals surface area contributed by atoms with E-state index in [9.17, 15) is 9.90 Å². The van der Waals surface area contributed by atoms with Gasteiger partial charge in [-0.25, -0.2) is 0 Å². The van der Waals surface area contributed by atoms with Gasteiger partial charge in [-0.05, 0) is 12.6 Å². The van der Waals surface area contributed by atoms with E-state index in [1.165, 1.54) is 5.56 Å². The van der Waals surface area contributed by atoms with E-state index in [2.05, 4.69) is 39.0 Å². The molecular formula is C17H25N3O2. The maximum Gasteiger partial charge on any atom is 0.309 e. The molecule has 1 aromatic carbocycles. The zero-order valence-electron chi connectivity index (χ0n) is 13.2. The first-order chi connectivity index (χ1) is 10.6. The van der Waals surface area contributed by atoms with Gasteiger partial charge in [0.05, 0.1) is 5.92 Å². The Hall–Kier alpha value is -1.43. The Bertz CT molecular complexity index is 508. The molecule has 0 spiro atoms. The van der Waals surface area contributed by atoms with Crippen LogP contribution in [0.2, 0.25) is 0 Å². The summed E-state index contributed by atoms with van der Waals surface area (Å²) in [6.45, 7) is 6.28. The fraction of sp³-hybridized carbons (Fsp3) is 0.588. The number of aliphatic carboxylic acids is 1. The summed E-state index contributed by atoms with van der Waals surface area (Å²) in [7, 11) is 2.04. The molecule has 0 aliphatic carbocycles. The molecule has 2 aliphatic heterocycles. The van der Waals surface area contributed by atoms with Crippen molar-refractivity contribution in [1.29, 1.82) is 0 Å². The molecule has 2 atom stereocenters. The largest absolute Gasteiger partial charge is 0.481 e. The van der Waals surface area contributed by atoms with Crippen molar-refractivity contribution in [1.82, 2.24) is 14.7 Å². The standard InChI is InChI=1S/C17H25N3O2/c1-18-10-15(17(21)22)11-20-8-7-19(13-16(20)12-18)9-14-5-3-2-4-6-14/h2-6,15-16H,7-13H2,1H3,(H,21,22)/t15-,16+/m0/s1. The van der Waals surface area contributed by atoms with Crippen molar-refractivity contribution in [2.24, 2.45) is 5.92 Å². The number of carboxylic acid groups (broad SMARTS) is 1. The van der Waals surface area contributed by atoms with E-state index in [0.717, 1.165) is 32.7 Å². The molecule has 2 aliphatic rings. The van der Waals surface area contributed by atoms with Gasteiger partial charge in [0.15, 0.2) is 0 Å². The molecule has 0 radical (unpaired) electrons. The first-order valence-electron chi connectivity index (χ1n) is 8.03. The molecule has 2 fully saturated rings. The van der Waals surface area contributed by atoms with Crippen LogP contribution in [-0.2, 0) is 11.3 Å². The Labute approximate surface area is 132 Å². The van der Waals surface area contributed by atoms with Gasteiger partial charge in [-0.3, -0.25) is 14.6 Å². The average Bonchev–Trinajstić information content (AvgIpc) is 2.66. The fourth-order valence-corrected chi connectivity index (χ4v) is 3.66. The van der Waals surface area contributed by atoms with Gasteiger partial charge < -0.3 is 10.0 Å². The van der Waals surface area contributed by atoms with Crippen LogP contribution >= 0.6 is 0 Å². The van der Waals surface area contributed by atoms with Crippen molar-refractivity contribution in [3.63, 3.8) is 0 Å². The number of likely N-dealkylation sites (N-methyl/N-ethyl adjacent to an activating group) is 1. The molecule has 3 rings (SSSR count). The monoisotopic (exact) mass is 303 g/mol. The smallest absolute Gasteiger partial charge is 0.309 e. The number of rotatable bonds is 3. The summed E-state index contributed by atoms with van der Waals surface area (Å²) in [5, 5.41) is 9.35. The van der Waals surface area contributed by atoms with Crippen LogP contribution in [0.3, 0.4) is 0 Å². The summed E-state index contributed by atoms with van der Waals surface area (Å²) in [4.78, 5) is 18.4. The lowest BCUT2D eigenvalue weighted by Gasteiger charge is -2.41. The first kappa shape index (κ1) is 15.5. The van der Waals surface area contributed by atoms with Crippen molar-refractivity contribution < 1.29 is 9.90 Å². The number of hydrogen-bond donors (Lipinski definition) is 1. The van der Waals surface area contributed by atoms with Gasteiger partial charge in [0.1, 0.15) is 0 Å². The van der Waals surface area contributed by atoms with Gasteiger partial charge in [0, 0.05) is 51.9 Å². The van der Waals surface area contributed by atoms with Crippen molar-refractivity contribution in [2.45, 2.75) is 12.6 Å². The molecule has 1 N–H and O–H groups in total. The molecule has 1 aromatic rings. The molecule has 120 valence electrons. The van der Waals surface area contributed by atoms with E-state index in [0.29, 0.717) is 19.1 Å². The average molecular weight is 303 g/mol. The summed E-state index contributed by atoms with van der Waals surface area (Å²) < 4.78 is 0. The predicted octanol–water partition coefficient (Wildman–Crippen LogP) is 0.819. The number of hydrogen-bond acceptors (Lipinski definition) is 4. The lowest BCUT2D eigenvalue weighted by atomic mass is 10.1. The minimum absolute atomic E-state index is 0.268. The van der Waals surface area contributed by atoms with E-state index < -0.39 is 5.97 Å². The van der Waals surface area contributed by atoms with E-state index >= 15 is 0 Å². The quantitative estimate of drug-likeness (QED) is 0.896. The number of fused-ring (bicyclic) bond motifs is 1. The van der Waals surface area contributed by atoms with E-state index in [4.69, 9.17) is 0 Å². The topological polar surface area (TPSA) is 47.0 Å². The van der Waals surface area contributed by atoms with Crippen LogP contribution in [0.15, 0.2) is 30.3 Å². The van der Waals surface area contributed by atoms with Gasteiger partial charge in [0.25, 0.3) is 0 Å². The SMILES string of the molecule is CN1C[C@H](C(=O)O)CN2CCN(Cc3ccccc3)C[C@H]2C1. The lowest BCUT2D eigenvalue weighted by Crippen LogP contribution is -2.55. The Morgan fingerprint density at radius 1 is 1.14 bits per heavy atom. The van der Waals surface area contributed by atoms with Crippen LogP contribution < -0.4 is 0 Å². The predicted molar refractivity (Wildman–Crippen MR) is 85.7 cm³/mol. The zero-order valence-corrected chi connectivity index (χ0v) is 13.2. The molecular weight excluding hydrogens is 278 g/mol. The number of carboxylic acids is 1. The highest BCUT2D eigenvalue weighted by Crippen LogP contribution is 2.19. The molecule has 0 amide bonds. The van der Waals surface area contributed by atoms with E-state index in [1.807, 2.05) is 13.1 Å². The molecule has 5 nitrogen and oxygen atoms in total. The minimum Gasteiger partial charge on any atom is -0.481 e. The Morgan fingerprint density at radius 3 is 2.64 bits per heavy atom. The van der Waals surface area contributed by atoms with Crippen LogP contribution in [0.4, 0.5) is 0 Å². The molecule has 0 bridgehead atoms. The minimum atomic E-state index is -0.667. The molecule has 2 heterocycles. The Kier molecular flexibility index (Phi) is 4.76. The highest BCUT2D eigenvalue weighted by Gasteiger charge is 2.35. The number of nitrogens with zero attached hydrogens (tertiary/aromatic N) is 3. The van der Waals surface area contributed by atoms with Gasteiger partial charge >= 0.3 is 5.97 Å². The molecule has 0 saturated carbocycles. The maximum atomic E-state index is 11.4. The fourth-order valence-electron chi connectivity index (χ4n) is 3.66. The third kappa shape index (κ3) is 3.66. The molecule has 22 heavy (non-hydrogen) atoms. The summed E-state index contributed by atoms with van der Waals surface area (Å²) in [5.74, 6) is -0.935. The summed E-state index contributed by atoms with van der Waals surface area (Å²) in [5.41, 5.74) is 1.35. The van der Waals surface area contributed by atoms with Gasteiger partial charge in [-0.15, -0.1) is 0 Å². The molecule has 2 saturated heterocycles.